The SMILES string of the molecule is CC[C@H](C)[C@H](NC(=O)[C@@H](NC(=O)[C@@H](NC(=O)[C@H](C)NC(=O)[C@H](Cc1ccccc1)NC(=O)[C@H](CC(C)C)NC(=O)[C@H](CCCCN)NC(=O)[C@H](Cc1ccccc1)NC(=O)[C@@H](N)CC(=O)O)C(C)C)[C@@H](C)O)C(=O)N[C@@H](CCCCN)C(=O)N[C@@H](Cc1ccc(O)cc1)C(=O)N[C@@H](CCCN=C(N)N)C(=O)O. The Bertz CT molecular complexity index is 3420. The number of phenols is 1. The van der Waals surface area contributed by atoms with Crippen molar-refractivity contribution in [2.75, 3.05) is 19.6 Å². The van der Waals surface area contributed by atoms with Gasteiger partial charge in [0.05, 0.1) is 18.6 Å². The summed E-state index contributed by atoms with van der Waals surface area (Å²) in [5, 5.41) is 69.1. The highest BCUT2D eigenvalue weighted by Gasteiger charge is 2.39. The number of amides is 11. The van der Waals surface area contributed by atoms with Crippen molar-refractivity contribution < 1.29 is 82.8 Å². The fraction of sp³-hybridized carbons (Fsp3) is 0.562. The topological polar surface area (TPSA) is 578 Å². The van der Waals surface area contributed by atoms with Crippen molar-refractivity contribution in [1.82, 2.24) is 58.5 Å². The number of hydrogen-bond donors (Lipinski definition) is 20. The first-order valence-corrected chi connectivity index (χ1v) is 36.1. The Morgan fingerprint density at radius 1 is 0.430 bits per heavy atom. The molecule has 0 saturated carbocycles. The summed E-state index contributed by atoms with van der Waals surface area (Å²) in [5.41, 5.74) is 29.9. The molecule has 0 radical (unpaired) electrons. The number of carboxylic acids is 2. The van der Waals surface area contributed by atoms with Gasteiger partial charge in [-0.3, -0.25) is 62.5 Å². The minimum Gasteiger partial charge on any atom is -0.508 e. The maximum atomic E-state index is 14.6. The molecule has 592 valence electrons. The van der Waals surface area contributed by atoms with Crippen molar-refractivity contribution in [1.29, 1.82) is 0 Å². The summed E-state index contributed by atoms with van der Waals surface area (Å²) in [4.78, 5) is 184. The second kappa shape index (κ2) is 47.3. The monoisotopic (exact) mass is 1500 g/mol. The predicted octanol–water partition coefficient (Wildman–Crippen LogP) is -1.90. The minimum atomic E-state index is -1.77. The summed E-state index contributed by atoms with van der Waals surface area (Å²) in [7, 11) is 0. The van der Waals surface area contributed by atoms with Crippen LogP contribution in [0.25, 0.3) is 0 Å². The maximum absolute atomic E-state index is 14.6. The Morgan fingerprint density at radius 2 is 0.813 bits per heavy atom. The van der Waals surface area contributed by atoms with Crippen molar-refractivity contribution in [3.63, 3.8) is 0 Å². The molecule has 0 bridgehead atoms. The Kier molecular flexibility index (Phi) is 40.2. The molecular weight excluding hydrogens is 1390 g/mol. The molecular formula is C73H113N17O17. The molecule has 0 saturated heterocycles. The van der Waals surface area contributed by atoms with E-state index in [1.165, 1.54) is 38.1 Å². The molecule has 3 rings (SSSR count). The second-order valence-electron chi connectivity index (χ2n) is 27.4. The Balaban J connectivity index is 1.88. The lowest BCUT2D eigenvalue weighted by Gasteiger charge is -2.31. The van der Waals surface area contributed by atoms with E-state index in [2.05, 4.69) is 63.5 Å². The van der Waals surface area contributed by atoms with E-state index in [0.29, 0.717) is 36.0 Å². The molecule has 11 amide bonds. The lowest BCUT2D eigenvalue weighted by Crippen LogP contribution is -2.63. The van der Waals surface area contributed by atoms with Gasteiger partial charge in [-0.25, -0.2) is 4.79 Å². The summed E-state index contributed by atoms with van der Waals surface area (Å²) in [6.45, 7) is 13.1. The summed E-state index contributed by atoms with van der Waals surface area (Å²) < 4.78 is 0. The van der Waals surface area contributed by atoms with Gasteiger partial charge in [0, 0.05) is 25.8 Å². The van der Waals surface area contributed by atoms with Crippen LogP contribution in [-0.4, -0.2) is 202 Å². The van der Waals surface area contributed by atoms with Gasteiger partial charge in [-0.05, 0) is 131 Å². The van der Waals surface area contributed by atoms with Crippen LogP contribution in [0.3, 0.4) is 0 Å². The lowest BCUT2D eigenvalue weighted by atomic mass is 9.96. The number of nitrogens with one attached hydrogen (secondary N) is 11. The second-order valence-corrected chi connectivity index (χ2v) is 27.4. The highest BCUT2D eigenvalue weighted by Crippen LogP contribution is 2.17. The minimum absolute atomic E-state index is 0.0251. The number of aliphatic imine (C=N–C) groups is 1. The third-order valence-electron chi connectivity index (χ3n) is 17.5. The number of unbranched alkanes of at least 4 members (excludes halogenated alkanes) is 2. The summed E-state index contributed by atoms with van der Waals surface area (Å²) >= 11 is 0. The molecule has 0 heterocycles. The van der Waals surface area contributed by atoms with E-state index in [1.807, 2.05) is 0 Å². The number of aromatic hydroxyl groups is 1. The number of aliphatic carboxylic acids is 2. The number of carbonyl (C=O) groups excluding carboxylic acids is 11. The zero-order valence-corrected chi connectivity index (χ0v) is 62.3. The number of hydrogen-bond acceptors (Lipinski definition) is 19. The quantitative estimate of drug-likeness (QED) is 0.0167. The Morgan fingerprint density at radius 3 is 1.25 bits per heavy atom. The summed E-state index contributed by atoms with van der Waals surface area (Å²) in [5.74, 6) is -14.4. The van der Waals surface area contributed by atoms with E-state index >= 15 is 0 Å². The number of benzene rings is 3. The van der Waals surface area contributed by atoms with Gasteiger partial charge in [0.1, 0.15) is 72.2 Å². The van der Waals surface area contributed by atoms with Gasteiger partial charge < -0.3 is 108 Å². The molecule has 0 aliphatic carbocycles. The number of nitrogens with zero attached hydrogens (tertiary/aromatic N) is 1. The number of carbonyl (C=O) groups is 13. The summed E-state index contributed by atoms with van der Waals surface area (Å²) in [6.07, 6.45) is -0.956. The van der Waals surface area contributed by atoms with Crippen LogP contribution in [0.15, 0.2) is 89.9 Å². The molecule has 0 aliphatic heterocycles. The van der Waals surface area contributed by atoms with E-state index in [1.54, 1.807) is 102 Å². The highest BCUT2D eigenvalue weighted by atomic mass is 16.4. The molecule has 0 fully saturated rings. The molecule has 14 atom stereocenters. The Labute approximate surface area is 624 Å². The Hall–Kier alpha value is -10.3. The first kappa shape index (κ1) is 90.9. The lowest BCUT2D eigenvalue weighted by molar-refractivity contribution is -0.142. The van der Waals surface area contributed by atoms with Crippen molar-refractivity contribution in [2.45, 2.75) is 224 Å². The molecule has 0 spiro atoms. The first-order chi connectivity index (χ1) is 50.6. The number of phenolic OH excluding ortho intramolecular Hbond substituents is 1. The average molecular weight is 1500 g/mol. The van der Waals surface area contributed by atoms with E-state index < -0.39 is 174 Å². The van der Waals surface area contributed by atoms with Crippen LogP contribution in [0, 0.1) is 17.8 Å². The molecule has 34 nitrogen and oxygen atoms in total. The number of nitrogens with two attached hydrogens (primary N) is 5. The van der Waals surface area contributed by atoms with Gasteiger partial charge >= 0.3 is 11.9 Å². The third kappa shape index (κ3) is 33.3. The van der Waals surface area contributed by atoms with E-state index in [0.717, 1.165) is 0 Å². The maximum Gasteiger partial charge on any atom is 0.326 e. The molecule has 25 N–H and O–H groups in total. The van der Waals surface area contributed by atoms with Gasteiger partial charge in [-0.15, -0.1) is 0 Å². The van der Waals surface area contributed by atoms with E-state index in [9.17, 15) is 82.8 Å². The highest BCUT2D eigenvalue weighted by molar-refractivity contribution is 6.00. The number of rotatable bonds is 49. The molecule has 0 aromatic heterocycles. The van der Waals surface area contributed by atoms with Crippen LogP contribution < -0.4 is 87.2 Å². The van der Waals surface area contributed by atoms with Crippen LogP contribution in [0.4, 0.5) is 0 Å². The van der Waals surface area contributed by atoms with Gasteiger partial charge in [0.25, 0.3) is 0 Å². The van der Waals surface area contributed by atoms with E-state index in [4.69, 9.17) is 28.7 Å². The molecule has 3 aromatic rings. The van der Waals surface area contributed by atoms with Crippen molar-refractivity contribution in [2.24, 2.45) is 51.4 Å². The smallest absolute Gasteiger partial charge is 0.326 e. The molecule has 0 unspecified atom stereocenters. The predicted molar refractivity (Wildman–Crippen MR) is 398 cm³/mol. The van der Waals surface area contributed by atoms with E-state index in [-0.39, 0.29) is 101 Å². The van der Waals surface area contributed by atoms with Crippen molar-refractivity contribution in [3.05, 3.63) is 102 Å². The van der Waals surface area contributed by atoms with Crippen LogP contribution in [0.1, 0.15) is 143 Å². The fourth-order valence-corrected chi connectivity index (χ4v) is 11.2. The van der Waals surface area contributed by atoms with Crippen molar-refractivity contribution in [3.8, 4) is 5.75 Å². The van der Waals surface area contributed by atoms with Crippen LogP contribution in [-0.2, 0) is 81.6 Å². The standard InChI is InChI=1S/C73H113N17O17/c1-9-42(6)59(70(104)82-51(26-17-19-33-75)64(98)86-56(38-47-28-30-48(92)31-29-47)68(102)83-52(72(106)107)27-20-34-79-73(77)78)89-71(105)60(44(8)91)90-69(103)58(41(4)5)88-61(95)43(7)80-65(99)54(36-45-21-12-10-13-22-45)87-66(100)53(35-40(2)3)85-63(97)50(25-16-18-32-74)81-67(101)55(37-46-23-14-11-15-24-46)84-62(96)49(76)39-57(93)94/h10-15,21-24,28-31,40-44,49-56,58-60,91-92H,9,16-20,25-27,32-39,74-76H2,1-8H3,(H,80,99)(H,81,101)(H,82,104)(H,83,102)(H,84,96)(H,85,97)(H,86,98)(H,87,100)(H,88,95)(H,89,105)(H,90,103)(H,93,94)(H,106,107)(H4,77,78,79)/t42-,43-,44+,49-,50-,51-,52-,53-,54-,55-,56-,58-,59-,60-/m0/s1. The number of guanidine groups is 1. The molecule has 107 heavy (non-hydrogen) atoms. The summed E-state index contributed by atoms with van der Waals surface area (Å²) in [6, 6.07) is 5.56. The normalized spacial score (nSPS) is 15.1. The number of aliphatic hydroxyl groups is 1. The molecule has 34 heteroatoms. The molecule has 0 aliphatic rings. The van der Waals surface area contributed by atoms with Gasteiger partial charge in [-0.2, -0.15) is 0 Å². The number of aliphatic hydroxyl groups excluding tert-OH is 1. The largest absolute Gasteiger partial charge is 0.508 e. The van der Waals surface area contributed by atoms with Gasteiger partial charge in [0.2, 0.25) is 65.0 Å². The van der Waals surface area contributed by atoms with Crippen LogP contribution in [0.5, 0.6) is 5.75 Å². The zero-order valence-electron chi connectivity index (χ0n) is 62.3. The average Bonchev–Trinajstić information content (AvgIpc) is 0.844. The van der Waals surface area contributed by atoms with Gasteiger partial charge in [0.15, 0.2) is 5.96 Å². The zero-order chi connectivity index (χ0) is 80.0. The van der Waals surface area contributed by atoms with Gasteiger partial charge in [-0.1, -0.05) is 121 Å². The fourth-order valence-electron chi connectivity index (χ4n) is 11.2. The molecule has 3 aromatic carbocycles. The number of carboxylic acid groups (broad SMARTS) is 2. The first-order valence-electron chi connectivity index (χ1n) is 36.1. The van der Waals surface area contributed by atoms with Crippen LogP contribution in [0.2, 0.25) is 0 Å². The van der Waals surface area contributed by atoms with Crippen molar-refractivity contribution >= 4 is 82.9 Å². The third-order valence-corrected chi connectivity index (χ3v) is 17.5. The van der Waals surface area contributed by atoms with Crippen LogP contribution >= 0.6 is 0 Å².